The Morgan fingerprint density at radius 3 is 2.59 bits per heavy atom. The number of alkyl halides is 3. The van der Waals surface area contributed by atoms with Crippen LogP contribution in [0.4, 0.5) is 23.2 Å². The lowest BCUT2D eigenvalue weighted by atomic mass is 10.3. The third-order valence-corrected chi connectivity index (χ3v) is 2.37. The van der Waals surface area contributed by atoms with Crippen molar-refractivity contribution in [1.29, 1.82) is 0 Å². The maximum absolute atomic E-state index is 12.8. The first-order valence-corrected chi connectivity index (χ1v) is 5.51. The van der Waals surface area contributed by atoms with E-state index >= 15 is 0 Å². The molecule has 0 saturated carbocycles. The molecule has 7 heteroatoms. The van der Waals surface area contributed by atoms with Crippen molar-refractivity contribution in [2.45, 2.75) is 6.18 Å². The number of hydrogen-bond donors (Lipinski definition) is 1. The van der Waals surface area contributed by atoms with Gasteiger partial charge in [0.15, 0.2) is 0 Å². The van der Waals surface area contributed by atoms with Gasteiger partial charge in [-0.2, -0.15) is 13.2 Å². The van der Waals surface area contributed by atoms with Gasteiger partial charge < -0.3 is 10.1 Å². The molecule has 1 aromatic rings. The standard InChI is InChI=1S/C10H10BrF4NO/c11-8-5-7(1-2-9(8)12)16-3-4-17-6-10(13,14)15/h1-2,5,16H,3-4,6H2. The van der Waals surface area contributed by atoms with Gasteiger partial charge >= 0.3 is 6.18 Å². The fourth-order valence-electron chi connectivity index (χ4n) is 1.06. The maximum atomic E-state index is 12.8. The SMILES string of the molecule is Fc1ccc(NCCOCC(F)(F)F)cc1Br. The van der Waals surface area contributed by atoms with E-state index in [0.717, 1.165) is 0 Å². The van der Waals surface area contributed by atoms with Gasteiger partial charge in [0.2, 0.25) is 0 Å². The third kappa shape index (κ3) is 5.88. The van der Waals surface area contributed by atoms with Gasteiger partial charge in [-0.1, -0.05) is 0 Å². The molecule has 0 aromatic heterocycles. The number of hydrogen-bond acceptors (Lipinski definition) is 2. The first kappa shape index (κ1) is 14.2. The Bertz CT molecular complexity index is 370. The molecule has 0 aliphatic carbocycles. The monoisotopic (exact) mass is 315 g/mol. The van der Waals surface area contributed by atoms with Crippen molar-refractivity contribution in [3.05, 3.63) is 28.5 Å². The molecule has 0 fully saturated rings. The van der Waals surface area contributed by atoms with Crippen molar-refractivity contribution in [2.75, 3.05) is 25.1 Å². The Hall–Kier alpha value is -0.820. The molecule has 0 unspecified atom stereocenters. The lowest BCUT2D eigenvalue weighted by molar-refractivity contribution is -0.172. The fraction of sp³-hybridized carbons (Fsp3) is 0.400. The van der Waals surface area contributed by atoms with E-state index in [9.17, 15) is 17.6 Å². The van der Waals surface area contributed by atoms with Crippen LogP contribution in [0, 0.1) is 5.82 Å². The zero-order valence-corrected chi connectivity index (χ0v) is 10.2. The molecule has 1 aromatic carbocycles. The average Bonchev–Trinajstić information content (AvgIpc) is 2.21. The van der Waals surface area contributed by atoms with Gasteiger partial charge in [-0.15, -0.1) is 0 Å². The van der Waals surface area contributed by atoms with Crippen LogP contribution < -0.4 is 5.32 Å². The molecule has 0 atom stereocenters. The molecule has 96 valence electrons. The van der Waals surface area contributed by atoms with E-state index < -0.39 is 18.6 Å². The molecule has 0 aliphatic heterocycles. The Morgan fingerprint density at radius 2 is 2.00 bits per heavy atom. The third-order valence-electron chi connectivity index (χ3n) is 1.76. The van der Waals surface area contributed by atoms with Crippen LogP contribution in [0.2, 0.25) is 0 Å². The number of halogens is 5. The Balaban J connectivity index is 2.25. The van der Waals surface area contributed by atoms with Gasteiger partial charge in [0.1, 0.15) is 12.4 Å². The molecule has 0 bridgehead atoms. The van der Waals surface area contributed by atoms with E-state index in [2.05, 4.69) is 26.0 Å². The number of nitrogens with one attached hydrogen (secondary N) is 1. The minimum Gasteiger partial charge on any atom is -0.383 e. The second kappa shape index (κ2) is 6.20. The summed E-state index contributed by atoms with van der Waals surface area (Å²) < 4.78 is 52.7. The largest absolute Gasteiger partial charge is 0.411 e. The highest BCUT2D eigenvalue weighted by atomic mass is 79.9. The van der Waals surface area contributed by atoms with E-state index in [1.807, 2.05) is 0 Å². The smallest absolute Gasteiger partial charge is 0.383 e. The molecule has 2 nitrogen and oxygen atoms in total. The highest BCUT2D eigenvalue weighted by molar-refractivity contribution is 9.10. The molecule has 0 saturated heterocycles. The second-order valence-corrected chi connectivity index (χ2v) is 4.08. The van der Waals surface area contributed by atoms with E-state index in [1.54, 1.807) is 0 Å². The molecule has 17 heavy (non-hydrogen) atoms. The van der Waals surface area contributed by atoms with Crippen molar-refractivity contribution < 1.29 is 22.3 Å². The number of ether oxygens (including phenoxy) is 1. The lowest BCUT2D eigenvalue weighted by Crippen LogP contribution is -2.20. The summed E-state index contributed by atoms with van der Waals surface area (Å²) in [6.45, 7) is -1.12. The molecule has 0 aliphatic rings. The van der Waals surface area contributed by atoms with E-state index in [-0.39, 0.29) is 13.2 Å². The van der Waals surface area contributed by atoms with Crippen molar-refractivity contribution in [3.63, 3.8) is 0 Å². The second-order valence-electron chi connectivity index (χ2n) is 3.22. The topological polar surface area (TPSA) is 21.3 Å². The van der Waals surface area contributed by atoms with Crippen molar-refractivity contribution >= 4 is 21.6 Å². The average molecular weight is 316 g/mol. The molecule has 1 rings (SSSR count). The Kier molecular flexibility index (Phi) is 5.20. The van der Waals surface area contributed by atoms with E-state index in [0.29, 0.717) is 10.2 Å². The summed E-state index contributed by atoms with van der Waals surface area (Å²) in [5, 5.41) is 2.81. The molecular formula is C10H10BrF4NO. The highest BCUT2D eigenvalue weighted by Crippen LogP contribution is 2.19. The van der Waals surface area contributed by atoms with Crippen LogP contribution >= 0.6 is 15.9 Å². The summed E-state index contributed by atoms with van der Waals surface area (Å²) in [6.07, 6.45) is -4.31. The zero-order chi connectivity index (χ0) is 12.9. The normalized spacial score (nSPS) is 11.6. The fourth-order valence-corrected chi connectivity index (χ4v) is 1.44. The van der Waals surface area contributed by atoms with Crippen LogP contribution in [0.1, 0.15) is 0 Å². The molecule has 0 heterocycles. The predicted octanol–water partition coefficient (Wildman–Crippen LogP) is 3.58. The van der Waals surface area contributed by atoms with Gasteiger partial charge in [-0.3, -0.25) is 0 Å². The summed E-state index contributed by atoms with van der Waals surface area (Å²) in [6, 6.07) is 4.24. The summed E-state index contributed by atoms with van der Waals surface area (Å²) in [7, 11) is 0. The number of rotatable bonds is 5. The highest BCUT2D eigenvalue weighted by Gasteiger charge is 2.27. The lowest BCUT2D eigenvalue weighted by Gasteiger charge is -2.09. The van der Waals surface area contributed by atoms with Gasteiger partial charge in [-0.25, -0.2) is 4.39 Å². The van der Waals surface area contributed by atoms with Crippen LogP contribution in [0.25, 0.3) is 0 Å². The number of benzene rings is 1. The molecule has 0 spiro atoms. The summed E-state index contributed by atoms with van der Waals surface area (Å²) in [5.74, 6) is -0.399. The minimum atomic E-state index is -4.31. The quantitative estimate of drug-likeness (QED) is 0.662. The molecule has 1 N–H and O–H groups in total. The van der Waals surface area contributed by atoms with Crippen molar-refractivity contribution in [2.24, 2.45) is 0 Å². The van der Waals surface area contributed by atoms with E-state index in [1.165, 1.54) is 18.2 Å². The van der Waals surface area contributed by atoms with Gasteiger partial charge in [-0.05, 0) is 34.1 Å². The van der Waals surface area contributed by atoms with Gasteiger partial charge in [0.05, 0.1) is 11.1 Å². The minimum absolute atomic E-state index is 0.0749. The molecule has 0 radical (unpaired) electrons. The van der Waals surface area contributed by atoms with Gasteiger partial charge in [0.25, 0.3) is 0 Å². The van der Waals surface area contributed by atoms with Crippen molar-refractivity contribution in [1.82, 2.24) is 0 Å². The predicted molar refractivity (Wildman–Crippen MR) is 59.5 cm³/mol. The Morgan fingerprint density at radius 1 is 1.29 bits per heavy atom. The Labute approximate surface area is 104 Å². The summed E-state index contributed by atoms with van der Waals surface area (Å²) in [5.41, 5.74) is 0.605. The number of anilines is 1. The molecular weight excluding hydrogens is 306 g/mol. The summed E-state index contributed by atoms with van der Waals surface area (Å²) in [4.78, 5) is 0. The van der Waals surface area contributed by atoms with Crippen molar-refractivity contribution in [3.8, 4) is 0 Å². The maximum Gasteiger partial charge on any atom is 0.411 e. The van der Waals surface area contributed by atoms with E-state index in [4.69, 9.17) is 0 Å². The summed E-state index contributed by atoms with van der Waals surface area (Å²) >= 11 is 3.00. The van der Waals surface area contributed by atoms with Crippen LogP contribution in [-0.2, 0) is 4.74 Å². The van der Waals surface area contributed by atoms with Crippen LogP contribution in [0.5, 0.6) is 0 Å². The molecule has 0 amide bonds. The van der Waals surface area contributed by atoms with Crippen LogP contribution in [-0.4, -0.2) is 25.9 Å². The zero-order valence-electron chi connectivity index (χ0n) is 8.65. The first-order valence-electron chi connectivity index (χ1n) is 4.72. The first-order chi connectivity index (χ1) is 7.88. The van der Waals surface area contributed by atoms with Crippen LogP contribution in [0.15, 0.2) is 22.7 Å². The van der Waals surface area contributed by atoms with Crippen LogP contribution in [0.3, 0.4) is 0 Å². The van der Waals surface area contributed by atoms with Gasteiger partial charge in [0, 0.05) is 12.2 Å².